The molecular weight excluding hydrogens is 263 g/mol. The highest BCUT2D eigenvalue weighted by molar-refractivity contribution is 6.31. The molecule has 0 aliphatic heterocycles. The standard InChI is InChI=1S/C13H9ClF3N/c14-11-7(3-1-5-9(11)15)13(18)8-4-2-6-10(16)12(8)17/h1-6,13H,18H2. The number of halogens is 4. The molecule has 2 aromatic carbocycles. The molecule has 0 aliphatic carbocycles. The van der Waals surface area contributed by atoms with Gasteiger partial charge in [0, 0.05) is 5.56 Å². The van der Waals surface area contributed by atoms with Crippen LogP contribution in [0.1, 0.15) is 17.2 Å². The molecule has 2 rings (SSSR count). The zero-order valence-corrected chi connectivity index (χ0v) is 9.89. The molecule has 0 heterocycles. The highest BCUT2D eigenvalue weighted by Gasteiger charge is 2.19. The van der Waals surface area contributed by atoms with Crippen LogP contribution in [0.4, 0.5) is 13.2 Å². The van der Waals surface area contributed by atoms with Gasteiger partial charge in [0.05, 0.1) is 11.1 Å². The van der Waals surface area contributed by atoms with Crippen LogP contribution in [0.2, 0.25) is 5.02 Å². The van der Waals surface area contributed by atoms with Gasteiger partial charge in [-0.25, -0.2) is 13.2 Å². The van der Waals surface area contributed by atoms with E-state index in [9.17, 15) is 13.2 Å². The van der Waals surface area contributed by atoms with Gasteiger partial charge in [-0.2, -0.15) is 0 Å². The average molecular weight is 272 g/mol. The minimum Gasteiger partial charge on any atom is -0.320 e. The fraction of sp³-hybridized carbons (Fsp3) is 0.0769. The Morgan fingerprint density at radius 3 is 2.11 bits per heavy atom. The third kappa shape index (κ3) is 2.21. The van der Waals surface area contributed by atoms with Crippen molar-refractivity contribution in [2.24, 2.45) is 5.73 Å². The van der Waals surface area contributed by atoms with Gasteiger partial charge in [0.15, 0.2) is 11.6 Å². The highest BCUT2D eigenvalue weighted by Crippen LogP contribution is 2.30. The second-order valence-corrected chi connectivity index (χ2v) is 4.14. The van der Waals surface area contributed by atoms with E-state index in [1.807, 2.05) is 0 Å². The summed E-state index contributed by atoms with van der Waals surface area (Å²) < 4.78 is 40.0. The molecule has 0 aromatic heterocycles. The zero-order chi connectivity index (χ0) is 13.3. The van der Waals surface area contributed by atoms with Crippen molar-refractivity contribution in [1.29, 1.82) is 0 Å². The first-order valence-electron chi connectivity index (χ1n) is 5.15. The molecule has 0 amide bonds. The summed E-state index contributed by atoms with van der Waals surface area (Å²) >= 11 is 5.76. The summed E-state index contributed by atoms with van der Waals surface area (Å²) in [6.45, 7) is 0. The Kier molecular flexibility index (Phi) is 3.59. The van der Waals surface area contributed by atoms with Crippen molar-refractivity contribution in [3.8, 4) is 0 Å². The first-order valence-corrected chi connectivity index (χ1v) is 5.53. The van der Waals surface area contributed by atoms with E-state index in [0.29, 0.717) is 0 Å². The molecule has 2 aromatic rings. The molecule has 0 saturated carbocycles. The molecule has 5 heteroatoms. The van der Waals surface area contributed by atoms with Crippen LogP contribution in [-0.4, -0.2) is 0 Å². The molecule has 0 spiro atoms. The molecule has 2 N–H and O–H groups in total. The summed E-state index contributed by atoms with van der Waals surface area (Å²) in [6.07, 6.45) is 0. The number of hydrogen-bond donors (Lipinski definition) is 1. The Balaban J connectivity index is 2.51. The first kappa shape index (κ1) is 12.9. The van der Waals surface area contributed by atoms with Gasteiger partial charge in [-0.05, 0) is 17.7 Å². The van der Waals surface area contributed by atoms with E-state index in [2.05, 4.69) is 0 Å². The van der Waals surface area contributed by atoms with Crippen molar-refractivity contribution >= 4 is 11.6 Å². The predicted octanol–water partition coefficient (Wildman–Crippen LogP) is 3.81. The topological polar surface area (TPSA) is 26.0 Å². The van der Waals surface area contributed by atoms with Gasteiger partial charge in [-0.1, -0.05) is 35.9 Å². The molecule has 1 atom stereocenters. The van der Waals surface area contributed by atoms with Crippen molar-refractivity contribution in [3.63, 3.8) is 0 Å². The normalized spacial score (nSPS) is 12.5. The second-order valence-electron chi connectivity index (χ2n) is 3.76. The number of nitrogens with two attached hydrogens (primary N) is 1. The van der Waals surface area contributed by atoms with Crippen molar-refractivity contribution in [3.05, 3.63) is 70.0 Å². The second kappa shape index (κ2) is 5.00. The van der Waals surface area contributed by atoms with E-state index < -0.39 is 23.5 Å². The van der Waals surface area contributed by atoms with E-state index in [1.165, 1.54) is 30.3 Å². The van der Waals surface area contributed by atoms with E-state index >= 15 is 0 Å². The molecule has 1 unspecified atom stereocenters. The molecule has 0 bridgehead atoms. The summed E-state index contributed by atoms with van der Waals surface area (Å²) in [5.74, 6) is -2.71. The maximum absolute atomic E-state index is 13.6. The van der Waals surface area contributed by atoms with Crippen LogP contribution in [0, 0.1) is 17.5 Å². The minimum atomic E-state index is -1.05. The quantitative estimate of drug-likeness (QED) is 0.883. The van der Waals surface area contributed by atoms with Gasteiger partial charge in [-0.15, -0.1) is 0 Å². The summed E-state index contributed by atoms with van der Waals surface area (Å²) in [5.41, 5.74) is 5.94. The van der Waals surface area contributed by atoms with Gasteiger partial charge < -0.3 is 5.73 Å². The Labute approximate surface area is 107 Å². The molecule has 0 aliphatic rings. The predicted molar refractivity (Wildman–Crippen MR) is 63.8 cm³/mol. The van der Waals surface area contributed by atoms with Gasteiger partial charge in [-0.3, -0.25) is 0 Å². The molecular formula is C13H9ClF3N. The Hall–Kier alpha value is -1.52. The third-order valence-corrected chi connectivity index (χ3v) is 3.03. The van der Waals surface area contributed by atoms with Crippen LogP contribution in [0.3, 0.4) is 0 Å². The first-order chi connectivity index (χ1) is 8.52. The fourth-order valence-corrected chi connectivity index (χ4v) is 1.93. The zero-order valence-electron chi connectivity index (χ0n) is 9.13. The lowest BCUT2D eigenvalue weighted by atomic mass is 9.99. The lowest BCUT2D eigenvalue weighted by molar-refractivity contribution is 0.494. The van der Waals surface area contributed by atoms with Gasteiger partial charge in [0.25, 0.3) is 0 Å². The summed E-state index contributed by atoms with van der Waals surface area (Å²) in [5, 5.41) is -0.186. The fourth-order valence-electron chi connectivity index (χ4n) is 1.69. The molecule has 18 heavy (non-hydrogen) atoms. The van der Waals surface area contributed by atoms with E-state index in [4.69, 9.17) is 17.3 Å². The Morgan fingerprint density at radius 1 is 0.889 bits per heavy atom. The molecule has 0 fully saturated rings. The maximum Gasteiger partial charge on any atom is 0.163 e. The molecule has 94 valence electrons. The lowest BCUT2D eigenvalue weighted by Gasteiger charge is -2.15. The smallest absolute Gasteiger partial charge is 0.163 e. The number of benzene rings is 2. The Bertz CT molecular complexity index is 535. The average Bonchev–Trinajstić information content (AvgIpc) is 2.35. The van der Waals surface area contributed by atoms with Crippen LogP contribution in [0.5, 0.6) is 0 Å². The van der Waals surface area contributed by atoms with Crippen molar-refractivity contribution in [2.75, 3.05) is 0 Å². The largest absolute Gasteiger partial charge is 0.320 e. The number of rotatable bonds is 2. The van der Waals surface area contributed by atoms with Crippen molar-refractivity contribution in [2.45, 2.75) is 6.04 Å². The van der Waals surface area contributed by atoms with Crippen LogP contribution in [0.25, 0.3) is 0 Å². The number of hydrogen-bond acceptors (Lipinski definition) is 1. The van der Waals surface area contributed by atoms with Crippen LogP contribution in [0.15, 0.2) is 36.4 Å². The SMILES string of the molecule is NC(c1cccc(F)c1F)c1cccc(F)c1Cl. The summed E-state index contributed by atoms with van der Waals surface area (Å²) in [7, 11) is 0. The summed E-state index contributed by atoms with van der Waals surface area (Å²) in [4.78, 5) is 0. The lowest BCUT2D eigenvalue weighted by Crippen LogP contribution is -2.15. The van der Waals surface area contributed by atoms with Gasteiger partial charge >= 0.3 is 0 Å². The van der Waals surface area contributed by atoms with Crippen LogP contribution >= 0.6 is 11.6 Å². The molecule has 0 radical (unpaired) electrons. The van der Waals surface area contributed by atoms with Gasteiger partial charge in [0.1, 0.15) is 5.82 Å². The Morgan fingerprint density at radius 2 is 1.44 bits per heavy atom. The van der Waals surface area contributed by atoms with E-state index in [1.54, 1.807) is 0 Å². The maximum atomic E-state index is 13.6. The van der Waals surface area contributed by atoms with Crippen LogP contribution < -0.4 is 5.73 Å². The highest BCUT2D eigenvalue weighted by atomic mass is 35.5. The van der Waals surface area contributed by atoms with E-state index in [-0.39, 0.29) is 16.1 Å². The van der Waals surface area contributed by atoms with E-state index in [0.717, 1.165) is 6.07 Å². The molecule has 1 nitrogen and oxygen atoms in total. The third-order valence-electron chi connectivity index (χ3n) is 2.63. The van der Waals surface area contributed by atoms with Crippen LogP contribution in [-0.2, 0) is 0 Å². The van der Waals surface area contributed by atoms with Crippen molar-refractivity contribution < 1.29 is 13.2 Å². The van der Waals surface area contributed by atoms with Gasteiger partial charge in [0.2, 0.25) is 0 Å². The molecule has 0 saturated heterocycles. The summed E-state index contributed by atoms with van der Waals surface area (Å²) in [6, 6.07) is 6.68. The van der Waals surface area contributed by atoms with Crippen molar-refractivity contribution in [1.82, 2.24) is 0 Å². The minimum absolute atomic E-state index is 0.0671. The monoisotopic (exact) mass is 271 g/mol.